The second-order valence-corrected chi connectivity index (χ2v) is 5.84. The lowest BCUT2D eigenvalue weighted by Crippen LogP contribution is -2.30. The molecular formula is C13H21N3OS. The number of aryl methyl sites for hydroxylation is 1. The summed E-state index contributed by atoms with van der Waals surface area (Å²) >= 11 is 1.58. The zero-order chi connectivity index (χ0) is 13.0. The molecular weight excluding hydrogens is 246 g/mol. The van der Waals surface area contributed by atoms with Crippen molar-refractivity contribution in [2.75, 3.05) is 20.1 Å². The minimum Gasteiger partial charge on any atom is -0.350 e. The maximum atomic E-state index is 12.0. The maximum Gasteiger partial charge on any atom is 0.263 e. The Balaban J connectivity index is 2.01. The van der Waals surface area contributed by atoms with Crippen LogP contribution in [0.15, 0.2) is 0 Å². The quantitative estimate of drug-likeness (QED) is 0.803. The van der Waals surface area contributed by atoms with E-state index in [0.29, 0.717) is 12.5 Å². The van der Waals surface area contributed by atoms with Crippen molar-refractivity contribution in [3.63, 3.8) is 0 Å². The third-order valence-electron chi connectivity index (χ3n) is 3.38. The molecule has 0 unspecified atom stereocenters. The van der Waals surface area contributed by atoms with Crippen LogP contribution in [0.5, 0.6) is 0 Å². The highest BCUT2D eigenvalue weighted by atomic mass is 32.1. The predicted octanol–water partition coefficient (Wildman–Crippen LogP) is 2.06. The van der Waals surface area contributed by atoms with Crippen molar-refractivity contribution in [1.82, 2.24) is 15.6 Å². The summed E-state index contributed by atoms with van der Waals surface area (Å²) < 4.78 is 0. The summed E-state index contributed by atoms with van der Waals surface area (Å²) in [5.41, 5.74) is 0.879. The molecule has 0 atom stereocenters. The summed E-state index contributed by atoms with van der Waals surface area (Å²) in [7, 11) is 1.88. The molecule has 0 radical (unpaired) electrons. The molecule has 2 rings (SSSR count). The summed E-state index contributed by atoms with van der Waals surface area (Å²) in [4.78, 5) is 17.4. The van der Waals surface area contributed by atoms with Gasteiger partial charge < -0.3 is 10.6 Å². The summed E-state index contributed by atoms with van der Waals surface area (Å²) in [6, 6.07) is 0. The molecule has 4 nitrogen and oxygen atoms in total. The van der Waals surface area contributed by atoms with Crippen LogP contribution >= 0.6 is 11.3 Å². The molecule has 5 heteroatoms. The van der Waals surface area contributed by atoms with Crippen molar-refractivity contribution in [3.05, 3.63) is 15.6 Å². The number of carbonyl (C=O) groups excluding carboxylic acids is 1. The van der Waals surface area contributed by atoms with Crippen LogP contribution in [-0.4, -0.2) is 31.0 Å². The molecule has 1 aliphatic rings. The minimum absolute atomic E-state index is 0.0181. The first-order valence-electron chi connectivity index (χ1n) is 6.62. The highest BCUT2D eigenvalue weighted by molar-refractivity contribution is 7.13. The number of hydrogen-bond acceptors (Lipinski definition) is 4. The minimum atomic E-state index is 0.0181. The van der Waals surface area contributed by atoms with Gasteiger partial charge in [-0.25, -0.2) is 4.98 Å². The SMILES string of the molecule is CNCCNC(=O)c1sc(C2CCCC2)nc1C. The Labute approximate surface area is 112 Å². The van der Waals surface area contributed by atoms with E-state index in [1.54, 1.807) is 11.3 Å². The van der Waals surface area contributed by atoms with Gasteiger partial charge in [-0.2, -0.15) is 0 Å². The van der Waals surface area contributed by atoms with E-state index in [-0.39, 0.29) is 5.91 Å². The van der Waals surface area contributed by atoms with Crippen LogP contribution in [0, 0.1) is 6.92 Å². The topological polar surface area (TPSA) is 54.0 Å². The van der Waals surface area contributed by atoms with Crippen molar-refractivity contribution in [3.8, 4) is 0 Å². The Morgan fingerprint density at radius 3 is 2.78 bits per heavy atom. The van der Waals surface area contributed by atoms with E-state index in [2.05, 4.69) is 15.6 Å². The van der Waals surface area contributed by atoms with Gasteiger partial charge in [0.1, 0.15) is 4.88 Å². The van der Waals surface area contributed by atoms with Crippen LogP contribution in [0.1, 0.15) is 52.0 Å². The fourth-order valence-electron chi connectivity index (χ4n) is 2.36. The Morgan fingerprint density at radius 2 is 2.11 bits per heavy atom. The van der Waals surface area contributed by atoms with E-state index in [1.165, 1.54) is 25.7 Å². The fourth-order valence-corrected chi connectivity index (χ4v) is 3.51. The van der Waals surface area contributed by atoms with Crippen molar-refractivity contribution < 1.29 is 4.79 Å². The molecule has 1 heterocycles. The normalized spacial score (nSPS) is 16.1. The number of aromatic nitrogens is 1. The lowest BCUT2D eigenvalue weighted by Gasteiger charge is -2.03. The largest absolute Gasteiger partial charge is 0.350 e. The number of amides is 1. The molecule has 1 aliphatic carbocycles. The van der Waals surface area contributed by atoms with Gasteiger partial charge in [0, 0.05) is 19.0 Å². The number of nitrogens with zero attached hydrogens (tertiary/aromatic N) is 1. The van der Waals surface area contributed by atoms with Gasteiger partial charge in [0.15, 0.2) is 0 Å². The summed E-state index contributed by atoms with van der Waals surface area (Å²) in [6.45, 7) is 3.38. The van der Waals surface area contributed by atoms with Crippen molar-refractivity contribution >= 4 is 17.2 Å². The highest BCUT2D eigenvalue weighted by Gasteiger charge is 2.23. The van der Waals surface area contributed by atoms with Gasteiger partial charge in [0.05, 0.1) is 10.7 Å². The molecule has 1 saturated carbocycles. The van der Waals surface area contributed by atoms with E-state index in [1.807, 2.05) is 14.0 Å². The zero-order valence-electron chi connectivity index (χ0n) is 11.1. The van der Waals surface area contributed by atoms with Gasteiger partial charge >= 0.3 is 0 Å². The van der Waals surface area contributed by atoms with Crippen LogP contribution in [0.4, 0.5) is 0 Å². The molecule has 0 spiro atoms. The molecule has 0 aliphatic heterocycles. The monoisotopic (exact) mass is 267 g/mol. The Morgan fingerprint density at radius 1 is 1.39 bits per heavy atom. The Bertz CT molecular complexity index is 410. The summed E-state index contributed by atoms with van der Waals surface area (Å²) in [5, 5.41) is 7.08. The highest BCUT2D eigenvalue weighted by Crippen LogP contribution is 2.36. The molecule has 1 aromatic rings. The molecule has 100 valence electrons. The molecule has 0 aromatic carbocycles. The Kier molecular flexibility index (Phi) is 4.72. The smallest absolute Gasteiger partial charge is 0.263 e. The number of carbonyl (C=O) groups is 1. The molecule has 2 N–H and O–H groups in total. The van der Waals surface area contributed by atoms with Gasteiger partial charge in [-0.3, -0.25) is 4.79 Å². The van der Waals surface area contributed by atoms with Gasteiger partial charge in [0.2, 0.25) is 0 Å². The molecule has 1 amide bonds. The number of rotatable bonds is 5. The van der Waals surface area contributed by atoms with E-state index in [9.17, 15) is 4.79 Å². The standard InChI is InChI=1S/C13H21N3OS/c1-9-11(12(17)15-8-7-14-2)18-13(16-9)10-5-3-4-6-10/h10,14H,3-8H2,1-2H3,(H,15,17). The van der Waals surface area contributed by atoms with Crippen LogP contribution < -0.4 is 10.6 Å². The van der Waals surface area contributed by atoms with Crippen LogP contribution in [-0.2, 0) is 0 Å². The molecule has 0 saturated heterocycles. The van der Waals surface area contributed by atoms with Gasteiger partial charge in [-0.1, -0.05) is 12.8 Å². The number of thiazole rings is 1. The summed E-state index contributed by atoms with van der Waals surface area (Å²) in [5.74, 6) is 0.608. The van der Waals surface area contributed by atoms with E-state index in [4.69, 9.17) is 0 Å². The number of likely N-dealkylation sites (N-methyl/N-ethyl adjacent to an activating group) is 1. The van der Waals surface area contributed by atoms with Gasteiger partial charge in [-0.05, 0) is 26.8 Å². The zero-order valence-corrected chi connectivity index (χ0v) is 11.9. The lowest BCUT2D eigenvalue weighted by atomic mass is 10.1. The third-order valence-corrected chi connectivity index (χ3v) is 4.70. The van der Waals surface area contributed by atoms with Crippen molar-refractivity contribution in [2.24, 2.45) is 0 Å². The average Bonchev–Trinajstić information content (AvgIpc) is 2.97. The van der Waals surface area contributed by atoms with Gasteiger partial charge in [0.25, 0.3) is 5.91 Å². The number of hydrogen-bond donors (Lipinski definition) is 2. The molecule has 1 fully saturated rings. The second-order valence-electron chi connectivity index (χ2n) is 4.81. The first-order chi connectivity index (χ1) is 8.72. The summed E-state index contributed by atoms with van der Waals surface area (Å²) in [6.07, 6.45) is 5.06. The van der Waals surface area contributed by atoms with E-state index < -0.39 is 0 Å². The third kappa shape index (κ3) is 3.09. The fraction of sp³-hybridized carbons (Fsp3) is 0.692. The molecule has 0 bridgehead atoms. The first-order valence-corrected chi connectivity index (χ1v) is 7.44. The van der Waals surface area contributed by atoms with Crippen LogP contribution in [0.2, 0.25) is 0 Å². The number of nitrogens with one attached hydrogen (secondary N) is 2. The first kappa shape index (κ1) is 13.5. The molecule has 18 heavy (non-hydrogen) atoms. The van der Waals surface area contributed by atoms with E-state index in [0.717, 1.165) is 22.1 Å². The van der Waals surface area contributed by atoms with E-state index >= 15 is 0 Å². The Hall–Kier alpha value is -0.940. The lowest BCUT2D eigenvalue weighted by molar-refractivity contribution is 0.0957. The second kappa shape index (κ2) is 6.29. The average molecular weight is 267 g/mol. The maximum absolute atomic E-state index is 12.0. The van der Waals surface area contributed by atoms with Crippen LogP contribution in [0.25, 0.3) is 0 Å². The molecule has 1 aromatic heterocycles. The predicted molar refractivity (Wildman–Crippen MR) is 74.3 cm³/mol. The van der Waals surface area contributed by atoms with Crippen molar-refractivity contribution in [2.45, 2.75) is 38.5 Å². The van der Waals surface area contributed by atoms with Crippen molar-refractivity contribution in [1.29, 1.82) is 0 Å². The van der Waals surface area contributed by atoms with Crippen LogP contribution in [0.3, 0.4) is 0 Å². The van der Waals surface area contributed by atoms with Gasteiger partial charge in [-0.15, -0.1) is 11.3 Å².